The molecule has 1 aromatic heterocycles. The van der Waals surface area contributed by atoms with Crippen LogP contribution in [-0.4, -0.2) is 59.1 Å². The molecular formula is C16H27N5O2. The fraction of sp³-hybridized carbons (Fsp3) is 0.750. The summed E-state index contributed by atoms with van der Waals surface area (Å²) in [5.74, 6) is 0. The third-order valence-electron chi connectivity index (χ3n) is 4.62. The zero-order valence-corrected chi connectivity index (χ0v) is 13.9. The smallest absolute Gasteiger partial charge is 0.319 e. The Morgan fingerprint density at radius 2 is 2.17 bits per heavy atom. The van der Waals surface area contributed by atoms with Crippen molar-refractivity contribution in [1.29, 1.82) is 0 Å². The van der Waals surface area contributed by atoms with Gasteiger partial charge in [0.15, 0.2) is 0 Å². The maximum Gasteiger partial charge on any atom is 0.319 e. The van der Waals surface area contributed by atoms with Gasteiger partial charge < -0.3 is 20.3 Å². The van der Waals surface area contributed by atoms with Gasteiger partial charge in [-0.25, -0.2) is 4.79 Å². The summed E-state index contributed by atoms with van der Waals surface area (Å²) in [4.78, 5) is 14.5. The Morgan fingerprint density at radius 1 is 1.35 bits per heavy atom. The average Bonchev–Trinajstić information content (AvgIpc) is 3.15. The van der Waals surface area contributed by atoms with E-state index >= 15 is 0 Å². The SMILES string of the molecule is CC1(NC(=O)Nc2cnn(CCN3CCCCC3)c2)CCOC1. The zero-order valence-electron chi connectivity index (χ0n) is 13.9. The molecular weight excluding hydrogens is 294 g/mol. The number of nitrogens with zero attached hydrogens (tertiary/aromatic N) is 3. The minimum atomic E-state index is -0.270. The van der Waals surface area contributed by atoms with Gasteiger partial charge in [-0.15, -0.1) is 0 Å². The molecule has 0 saturated carbocycles. The molecule has 2 fully saturated rings. The highest BCUT2D eigenvalue weighted by Gasteiger charge is 2.31. The number of carbonyl (C=O) groups is 1. The summed E-state index contributed by atoms with van der Waals surface area (Å²) < 4.78 is 7.23. The van der Waals surface area contributed by atoms with Crippen molar-refractivity contribution >= 4 is 11.7 Å². The van der Waals surface area contributed by atoms with Crippen LogP contribution in [0.1, 0.15) is 32.6 Å². The Kier molecular flexibility index (Phi) is 5.17. The van der Waals surface area contributed by atoms with E-state index in [1.165, 1.54) is 32.4 Å². The van der Waals surface area contributed by atoms with Crippen molar-refractivity contribution in [2.24, 2.45) is 0 Å². The van der Waals surface area contributed by atoms with Crippen molar-refractivity contribution < 1.29 is 9.53 Å². The maximum atomic E-state index is 12.1. The molecule has 1 atom stereocenters. The first-order valence-corrected chi connectivity index (χ1v) is 8.55. The molecule has 2 aliphatic heterocycles. The highest BCUT2D eigenvalue weighted by Crippen LogP contribution is 2.17. The minimum absolute atomic E-state index is 0.200. The normalized spacial score (nSPS) is 25.4. The van der Waals surface area contributed by atoms with E-state index in [9.17, 15) is 4.79 Å². The molecule has 0 aliphatic carbocycles. The lowest BCUT2D eigenvalue weighted by Crippen LogP contribution is -2.48. The lowest BCUT2D eigenvalue weighted by molar-refractivity contribution is 0.172. The number of hydrogen-bond donors (Lipinski definition) is 2. The predicted octanol–water partition coefficient (Wildman–Crippen LogP) is 1.67. The highest BCUT2D eigenvalue weighted by molar-refractivity contribution is 5.89. The number of ether oxygens (including phenoxy) is 1. The van der Waals surface area contributed by atoms with Gasteiger partial charge >= 0.3 is 6.03 Å². The van der Waals surface area contributed by atoms with Gasteiger partial charge in [0.1, 0.15) is 0 Å². The first-order valence-electron chi connectivity index (χ1n) is 8.55. The van der Waals surface area contributed by atoms with Crippen LogP contribution >= 0.6 is 0 Å². The Labute approximate surface area is 137 Å². The summed E-state index contributed by atoms with van der Waals surface area (Å²) in [6.07, 6.45) is 8.38. The fourth-order valence-electron chi connectivity index (χ4n) is 3.18. The number of anilines is 1. The first-order chi connectivity index (χ1) is 11.1. The number of nitrogens with one attached hydrogen (secondary N) is 2. The molecule has 2 saturated heterocycles. The molecule has 2 aliphatic rings. The average molecular weight is 321 g/mol. The van der Waals surface area contributed by atoms with Crippen LogP contribution in [0.5, 0.6) is 0 Å². The number of carbonyl (C=O) groups excluding carboxylic acids is 1. The van der Waals surface area contributed by atoms with Crippen LogP contribution in [0.3, 0.4) is 0 Å². The van der Waals surface area contributed by atoms with Crippen LogP contribution in [0.15, 0.2) is 12.4 Å². The second kappa shape index (κ2) is 7.31. The Bertz CT molecular complexity index is 518. The zero-order chi connectivity index (χ0) is 16.1. The van der Waals surface area contributed by atoms with Gasteiger partial charge in [-0.1, -0.05) is 6.42 Å². The van der Waals surface area contributed by atoms with Crippen LogP contribution in [0.4, 0.5) is 10.5 Å². The molecule has 7 heteroatoms. The third kappa shape index (κ3) is 4.68. The second-order valence-corrected chi connectivity index (χ2v) is 6.84. The van der Waals surface area contributed by atoms with Crippen molar-refractivity contribution in [3.05, 3.63) is 12.4 Å². The standard InChI is InChI=1S/C16H27N5O2/c1-16(5-10-23-13-16)19-15(22)18-14-11-17-21(12-14)9-8-20-6-3-2-4-7-20/h11-12H,2-10,13H2,1H3,(H2,18,19,22). The van der Waals surface area contributed by atoms with Crippen molar-refractivity contribution in [3.8, 4) is 0 Å². The summed E-state index contributed by atoms with van der Waals surface area (Å²) in [5.41, 5.74) is 0.456. The molecule has 2 N–H and O–H groups in total. The molecule has 3 heterocycles. The van der Waals surface area contributed by atoms with Crippen LogP contribution in [-0.2, 0) is 11.3 Å². The molecule has 7 nitrogen and oxygen atoms in total. The molecule has 0 bridgehead atoms. The van der Waals surface area contributed by atoms with Gasteiger partial charge in [-0.3, -0.25) is 4.68 Å². The van der Waals surface area contributed by atoms with E-state index in [1.807, 2.05) is 17.8 Å². The topological polar surface area (TPSA) is 71.4 Å². The number of likely N-dealkylation sites (tertiary alicyclic amines) is 1. The molecule has 1 unspecified atom stereocenters. The van der Waals surface area contributed by atoms with E-state index in [-0.39, 0.29) is 11.6 Å². The van der Waals surface area contributed by atoms with E-state index in [0.29, 0.717) is 13.2 Å². The summed E-state index contributed by atoms with van der Waals surface area (Å²) in [7, 11) is 0. The number of aromatic nitrogens is 2. The quantitative estimate of drug-likeness (QED) is 0.865. The molecule has 0 aromatic carbocycles. The van der Waals surface area contributed by atoms with Crippen LogP contribution in [0.2, 0.25) is 0 Å². The lowest BCUT2D eigenvalue weighted by atomic mass is 10.0. The van der Waals surface area contributed by atoms with Crippen molar-refractivity contribution in [2.45, 2.75) is 44.7 Å². The Hall–Kier alpha value is -1.60. The second-order valence-electron chi connectivity index (χ2n) is 6.84. The van der Waals surface area contributed by atoms with Gasteiger partial charge in [0.2, 0.25) is 0 Å². The van der Waals surface area contributed by atoms with Crippen LogP contribution < -0.4 is 10.6 Å². The highest BCUT2D eigenvalue weighted by atomic mass is 16.5. The monoisotopic (exact) mass is 321 g/mol. The lowest BCUT2D eigenvalue weighted by Gasteiger charge is -2.26. The van der Waals surface area contributed by atoms with Gasteiger partial charge in [-0.05, 0) is 39.3 Å². The van der Waals surface area contributed by atoms with Crippen LogP contribution in [0, 0.1) is 0 Å². The van der Waals surface area contributed by atoms with Gasteiger partial charge in [0, 0.05) is 19.3 Å². The Balaban J connectivity index is 1.44. The maximum absolute atomic E-state index is 12.1. The Morgan fingerprint density at radius 3 is 2.91 bits per heavy atom. The molecule has 3 rings (SSSR count). The summed E-state index contributed by atoms with van der Waals surface area (Å²) in [5, 5.41) is 10.2. The van der Waals surface area contributed by atoms with Crippen molar-refractivity contribution in [3.63, 3.8) is 0 Å². The number of piperidine rings is 1. The predicted molar refractivity (Wildman–Crippen MR) is 88.5 cm³/mol. The first kappa shape index (κ1) is 16.3. The fourth-order valence-corrected chi connectivity index (χ4v) is 3.18. The van der Waals surface area contributed by atoms with E-state index in [2.05, 4.69) is 20.6 Å². The largest absolute Gasteiger partial charge is 0.379 e. The number of amides is 2. The molecule has 128 valence electrons. The summed E-state index contributed by atoms with van der Waals surface area (Å²) in [6.45, 7) is 7.52. The summed E-state index contributed by atoms with van der Waals surface area (Å²) >= 11 is 0. The van der Waals surface area contributed by atoms with Crippen LogP contribution in [0.25, 0.3) is 0 Å². The minimum Gasteiger partial charge on any atom is -0.379 e. The van der Waals surface area contributed by atoms with E-state index in [1.54, 1.807) is 6.20 Å². The van der Waals surface area contributed by atoms with E-state index in [0.717, 1.165) is 25.2 Å². The van der Waals surface area contributed by atoms with E-state index < -0.39 is 0 Å². The van der Waals surface area contributed by atoms with Crippen molar-refractivity contribution in [1.82, 2.24) is 20.0 Å². The van der Waals surface area contributed by atoms with Gasteiger partial charge in [-0.2, -0.15) is 5.10 Å². The number of hydrogen-bond acceptors (Lipinski definition) is 4. The third-order valence-corrected chi connectivity index (χ3v) is 4.62. The number of urea groups is 1. The molecule has 1 aromatic rings. The molecule has 0 radical (unpaired) electrons. The molecule has 23 heavy (non-hydrogen) atoms. The van der Waals surface area contributed by atoms with E-state index in [4.69, 9.17) is 4.74 Å². The molecule has 0 spiro atoms. The summed E-state index contributed by atoms with van der Waals surface area (Å²) in [6, 6.07) is -0.200. The van der Waals surface area contributed by atoms with Crippen molar-refractivity contribution in [2.75, 3.05) is 38.2 Å². The van der Waals surface area contributed by atoms with Gasteiger partial charge in [0.05, 0.1) is 30.6 Å². The van der Waals surface area contributed by atoms with Gasteiger partial charge in [0.25, 0.3) is 0 Å². The molecule has 2 amide bonds. The number of rotatable bonds is 5.